The lowest BCUT2D eigenvalue weighted by Gasteiger charge is -2.03. The SMILES string of the molecule is O=C(CSc1nnc(/N=C2\NC(=O)/C(=C/c3ccc(Cl)cc3)S2)s1)Nc1ccc(Cl)cc1. The van der Waals surface area contributed by atoms with Crippen molar-refractivity contribution in [2.75, 3.05) is 11.1 Å². The number of halogens is 2. The number of hydrogen-bond acceptors (Lipinski definition) is 8. The number of hydrogen-bond donors (Lipinski definition) is 2. The van der Waals surface area contributed by atoms with E-state index in [1.165, 1.54) is 34.9 Å². The summed E-state index contributed by atoms with van der Waals surface area (Å²) in [6.07, 6.45) is 1.76. The Bertz CT molecular complexity index is 1210. The van der Waals surface area contributed by atoms with Crippen molar-refractivity contribution in [3.8, 4) is 0 Å². The van der Waals surface area contributed by atoms with E-state index in [0.29, 0.717) is 35.3 Å². The molecule has 1 fully saturated rings. The predicted molar refractivity (Wildman–Crippen MR) is 133 cm³/mol. The predicted octanol–water partition coefficient (Wildman–Crippen LogP) is 5.47. The van der Waals surface area contributed by atoms with Gasteiger partial charge >= 0.3 is 0 Å². The molecule has 3 aromatic rings. The smallest absolute Gasteiger partial charge is 0.264 e. The monoisotopic (exact) mass is 521 g/mol. The largest absolute Gasteiger partial charge is 0.325 e. The Kier molecular flexibility index (Phi) is 7.48. The number of rotatable bonds is 6. The molecule has 2 aromatic carbocycles. The van der Waals surface area contributed by atoms with Crippen LogP contribution >= 0.6 is 58.1 Å². The van der Waals surface area contributed by atoms with E-state index < -0.39 is 0 Å². The zero-order valence-corrected chi connectivity index (χ0v) is 20.0. The molecule has 12 heteroatoms. The van der Waals surface area contributed by atoms with Crippen LogP contribution in [-0.2, 0) is 9.59 Å². The highest BCUT2D eigenvalue weighted by Crippen LogP contribution is 2.31. The van der Waals surface area contributed by atoms with E-state index in [4.69, 9.17) is 23.2 Å². The Hall–Kier alpha value is -2.37. The third kappa shape index (κ3) is 6.33. The molecule has 7 nitrogen and oxygen atoms in total. The molecule has 0 atom stereocenters. The van der Waals surface area contributed by atoms with Crippen molar-refractivity contribution in [2.24, 2.45) is 4.99 Å². The van der Waals surface area contributed by atoms with Crippen LogP contribution in [-0.4, -0.2) is 32.9 Å². The summed E-state index contributed by atoms with van der Waals surface area (Å²) in [5.74, 6) is -0.231. The molecule has 0 saturated carbocycles. The standard InChI is InChI=1S/C20H13Cl2N5O2S3/c21-12-3-1-11(2-4-12)9-15-17(29)24-18(31-15)25-19-26-27-20(32-19)30-10-16(28)23-14-7-5-13(22)6-8-14/h1-9H,10H2,(H,23,28)(H,24,25,26,29)/b15-9-. The molecule has 0 radical (unpaired) electrons. The first-order valence-corrected chi connectivity index (χ1v) is 12.4. The Morgan fingerprint density at radius 1 is 1.09 bits per heavy atom. The van der Waals surface area contributed by atoms with Gasteiger partial charge in [0.15, 0.2) is 9.51 Å². The zero-order valence-electron chi connectivity index (χ0n) is 16.0. The zero-order chi connectivity index (χ0) is 22.5. The van der Waals surface area contributed by atoms with Gasteiger partial charge in [0.05, 0.1) is 10.7 Å². The van der Waals surface area contributed by atoms with Crippen LogP contribution < -0.4 is 10.6 Å². The number of nitrogens with one attached hydrogen (secondary N) is 2. The highest BCUT2D eigenvalue weighted by atomic mass is 35.5. The summed E-state index contributed by atoms with van der Waals surface area (Å²) in [4.78, 5) is 29.2. The lowest BCUT2D eigenvalue weighted by Crippen LogP contribution is -2.19. The molecule has 1 saturated heterocycles. The Balaban J connectivity index is 1.33. The molecule has 2 heterocycles. The number of anilines is 1. The molecule has 1 aliphatic rings. The molecule has 0 aliphatic carbocycles. The van der Waals surface area contributed by atoms with Gasteiger partial charge in [-0.25, -0.2) is 0 Å². The van der Waals surface area contributed by atoms with Gasteiger partial charge in [0.1, 0.15) is 0 Å². The fraction of sp³-hybridized carbons (Fsp3) is 0.0500. The second-order valence-corrected chi connectivity index (χ2v) is 10.3. The summed E-state index contributed by atoms with van der Waals surface area (Å²) >= 11 is 15.4. The fourth-order valence-electron chi connectivity index (χ4n) is 2.44. The molecule has 162 valence electrons. The van der Waals surface area contributed by atoms with Crippen molar-refractivity contribution in [3.63, 3.8) is 0 Å². The van der Waals surface area contributed by atoms with Crippen LogP contribution in [0.1, 0.15) is 5.56 Å². The van der Waals surface area contributed by atoms with Gasteiger partial charge < -0.3 is 10.6 Å². The number of amides is 2. The second kappa shape index (κ2) is 10.5. The van der Waals surface area contributed by atoms with Crippen LogP contribution in [0.3, 0.4) is 0 Å². The minimum atomic E-state index is -0.235. The normalized spacial score (nSPS) is 15.9. The highest BCUT2D eigenvalue weighted by Gasteiger charge is 2.24. The van der Waals surface area contributed by atoms with Gasteiger partial charge in [0.25, 0.3) is 5.91 Å². The molecule has 1 aliphatic heterocycles. The van der Waals surface area contributed by atoms with Crippen LogP contribution in [0.5, 0.6) is 0 Å². The molecule has 4 rings (SSSR count). The fourth-order valence-corrected chi connectivity index (χ4v) is 5.09. The minimum absolute atomic E-state index is 0.170. The van der Waals surface area contributed by atoms with Gasteiger partial charge in [0.2, 0.25) is 11.0 Å². The van der Waals surface area contributed by atoms with Crippen molar-refractivity contribution in [2.45, 2.75) is 4.34 Å². The number of nitrogens with zero attached hydrogens (tertiary/aromatic N) is 3. The van der Waals surface area contributed by atoms with Crippen molar-refractivity contribution >= 4 is 91.9 Å². The number of carbonyl (C=O) groups excluding carboxylic acids is 2. The first kappa shape index (κ1) is 22.8. The average Bonchev–Trinajstić information content (AvgIpc) is 3.36. The third-order valence-corrected chi connectivity index (χ3v) is 7.23. The van der Waals surface area contributed by atoms with Crippen molar-refractivity contribution < 1.29 is 9.59 Å². The molecule has 2 amide bonds. The molecule has 2 N–H and O–H groups in total. The van der Waals surface area contributed by atoms with E-state index in [-0.39, 0.29) is 17.6 Å². The van der Waals surface area contributed by atoms with Crippen molar-refractivity contribution in [1.29, 1.82) is 0 Å². The molecular weight excluding hydrogens is 509 g/mol. The van der Waals surface area contributed by atoms with E-state index in [9.17, 15) is 9.59 Å². The summed E-state index contributed by atoms with van der Waals surface area (Å²) < 4.78 is 0.599. The van der Waals surface area contributed by atoms with E-state index in [2.05, 4.69) is 25.8 Å². The lowest BCUT2D eigenvalue weighted by molar-refractivity contribution is -0.115. The number of carbonyl (C=O) groups is 2. The highest BCUT2D eigenvalue weighted by molar-refractivity contribution is 8.18. The molecule has 0 unspecified atom stereocenters. The van der Waals surface area contributed by atoms with Crippen LogP contribution in [0.15, 0.2) is 62.8 Å². The summed E-state index contributed by atoms with van der Waals surface area (Å²) in [6, 6.07) is 14.0. The topological polar surface area (TPSA) is 96.3 Å². The van der Waals surface area contributed by atoms with E-state index in [0.717, 1.165) is 5.56 Å². The Morgan fingerprint density at radius 3 is 2.50 bits per heavy atom. The number of aliphatic imine (C=N–C) groups is 1. The van der Waals surface area contributed by atoms with E-state index in [1.807, 2.05) is 12.1 Å². The van der Waals surface area contributed by atoms with Gasteiger partial charge in [-0.05, 0) is 59.8 Å². The molecule has 1 aromatic heterocycles. The molecular formula is C20H13Cl2N5O2S3. The van der Waals surface area contributed by atoms with Crippen LogP contribution in [0.25, 0.3) is 6.08 Å². The first-order valence-electron chi connectivity index (χ1n) is 9.01. The summed E-state index contributed by atoms with van der Waals surface area (Å²) in [6.45, 7) is 0. The van der Waals surface area contributed by atoms with Gasteiger partial charge in [0, 0.05) is 15.7 Å². The maximum absolute atomic E-state index is 12.2. The Labute approximate surface area is 205 Å². The van der Waals surface area contributed by atoms with Crippen LogP contribution in [0.4, 0.5) is 10.8 Å². The lowest BCUT2D eigenvalue weighted by atomic mass is 10.2. The summed E-state index contributed by atoms with van der Waals surface area (Å²) in [5, 5.41) is 15.6. The van der Waals surface area contributed by atoms with Crippen LogP contribution in [0, 0.1) is 0 Å². The minimum Gasteiger partial charge on any atom is -0.325 e. The summed E-state index contributed by atoms with van der Waals surface area (Å²) in [7, 11) is 0. The first-order chi connectivity index (χ1) is 15.4. The molecule has 0 spiro atoms. The second-order valence-electron chi connectivity index (χ2n) is 6.23. The number of thioether (sulfide) groups is 2. The number of aromatic nitrogens is 2. The van der Waals surface area contributed by atoms with E-state index >= 15 is 0 Å². The Morgan fingerprint density at radius 2 is 1.78 bits per heavy atom. The number of amidine groups is 1. The molecule has 0 bridgehead atoms. The van der Waals surface area contributed by atoms with E-state index in [1.54, 1.807) is 42.5 Å². The number of benzene rings is 2. The third-order valence-electron chi connectivity index (χ3n) is 3.87. The van der Waals surface area contributed by atoms with Gasteiger partial charge in [-0.1, -0.05) is 58.4 Å². The maximum Gasteiger partial charge on any atom is 0.264 e. The summed E-state index contributed by atoms with van der Waals surface area (Å²) in [5.41, 5.74) is 1.53. The molecule has 32 heavy (non-hydrogen) atoms. The van der Waals surface area contributed by atoms with Gasteiger partial charge in [-0.2, -0.15) is 4.99 Å². The average molecular weight is 522 g/mol. The quantitative estimate of drug-likeness (QED) is 0.329. The van der Waals surface area contributed by atoms with Gasteiger partial charge in [-0.3, -0.25) is 9.59 Å². The van der Waals surface area contributed by atoms with Crippen LogP contribution in [0.2, 0.25) is 10.0 Å². The van der Waals surface area contributed by atoms with Crippen molar-refractivity contribution in [3.05, 3.63) is 69.0 Å². The van der Waals surface area contributed by atoms with Gasteiger partial charge in [-0.15, -0.1) is 10.2 Å². The van der Waals surface area contributed by atoms with Crippen molar-refractivity contribution in [1.82, 2.24) is 15.5 Å². The maximum atomic E-state index is 12.2.